The Bertz CT molecular complexity index is 1050. The molecule has 1 saturated carbocycles. The monoisotopic (exact) mass is 423 g/mol. The number of anilines is 2. The molecule has 10 heteroatoms. The second kappa shape index (κ2) is 8.05. The fourth-order valence-electron chi connectivity index (χ4n) is 3.99. The molecule has 3 N–H and O–H groups in total. The van der Waals surface area contributed by atoms with Crippen molar-refractivity contribution in [3.63, 3.8) is 0 Å². The molecule has 2 fully saturated rings. The SMILES string of the molecule is O=C(NN1C(=O)NC2(CCCCC2)C1=O)c1ccc(Nc2ccccc2)c([N+](=O)[O-])c1. The Hall–Kier alpha value is -3.95. The molecule has 1 aliphatic carbocycles. The van der Waals surface area contributed by atoms with E-state index in [0.717, 1.165) is 25.3 Å². The van der Waals surface area contributed by atoms with Crippen LogP contribution >= 0.6 is 0 Å². The molecule has 1 saturated heterocycles. The van der Waals surface area contributed by atoms with Crippen molar-refractivity contribution in [1.29, 1.82) is 0 Å². The van der Waals surface area contributed by atoms with E-state index in [1.165, 1.54) is 12.1 Å². The van der Waals surface area contributed by atoms with Gasteiger partial charge in [0.1, 0.15) is 11.2 Å². The summed E-state index contributed by atoms with van der Waals surface area (Å²) in [5, 5.41) is 17.9. The molecule has 0 atom stereocenters. The molecule has 4 rings (SSSR count). The predicted molar refractivity (Wildman–Crippen MR) is 111 cm³/mol. The van der Waals surface area contributed by atoms with E-state index in [1.807, 2.05) is 6.07 Å². The van der Waals surface area contributed by atoms with Crippen LogP contribution in [0, 0.1) is 10.1 Å². The highest BCUT2D eigenvalue weighted by molar-refractivity contribution is 6.09. The molecule has 10 nitrogen and oxygen atoms in total. The number of nitro groups is 1. The molecule has 0 radical (unpaired) electrons. The number of para-hydroxylation sites is 1. The quantitative estimate of drug-likeness (QED) is 0.384. The number of hydrogen-bond donors (Lipinski definition) is 3. The van der Waals surface area contributed by atoms with Crippen LogP contribution in [-0.4, -0.2) is 33.3 Å². The smallest absolute Gasteiger partial charge is 0.344 e. The van der Waals surface area contributed by atoms with Crippen molar-refractivity contribution in [3.05, 3.63) is 64.2 Å². The zero-order chi connectivity index (χ0) is 22.0. The van der Waals surface area contributed by atoms with E-state index in [9.17, 15) is 24.5 Å². The van der Waals surface area contributed by atoms with Gasteiger partial charge in [0, 0.05) is 17.3 Å². The number of rotatable bonds is 5. The van der Waals surface area contributed by atoms with Crippen LogP contribution in [0.15, 0.2) is 48.5 Å². The van der Waals surface area contributed by atoms with Gasteiger partial charge in [-0.25, -0.2) is 4.79 Å². The van der Waals surface area contributed by atoms with Crippen LogP contribution in [0.3, 0.4) is 0 Å². The highest BCUT2D eigenvalue weighted by Gasteiger charge is 2.52. The molecular formula is C21H21N5O5. The van der Waals surface area contributed by atoms with E-state index in [4.69, 9.17) is 0 Å². The lowest BCUT2D eigenvalue weighted by atomic mass is 9.82. The fraction of sp³-hybridized carbons (Fsp3) is 0.286. The summed E-state index contributed by atoms with van der Waals surface area (Å²) < 4.78 is 0. The number of hydrogen-bond acceptors (Lipinski definition) is 6. The molecule has 2 aromatic carbocycles. The Morgan fingerprint density at radius 3 is 2.45 bits per heavy atom. The van der Waals surface area contributed by atoms with Crippen LogP contribution in [0.5, 0.6) is 0 Å². The zero-order valence-electron chi connectivity index (χ0n) is 16.6. The summed E-state index contributed by atoms with van der Waals surface area (Å²) >= 11 is 0. The third kappa shape index (κ3) is 3.91. The van der Waals surface area contributed by atoms with E-state index in [-0.39, 0.29) is 16.9 Å². The van der Waals surface area contributed by atoms with Crippen LogP contribution in [0.2, 0.25) is 0 Å². The van der Waals surface area contributed by atoms with Crippen molar-refractivity contribution in [2.75, 3.05) is 5.32 Å². The minimum atomic E-state index is -0.974. The zero-order valence-corrected chi connectivity index (χ0v) is 16.6. The Morgan fingerprint density at radius 1 is 1.06 bits per heavy atom. The van der Waals surface area contributed by atoms with Crippen LogP contribution in [0.4, 0.5) is 21.9 Å². The Labute approximate surface area is 177 Å². The van der Waals surface area contributed by atoms with Gasteiger partial charge in [0.05, 0.1) is 4.92 Å². The van der Waals surface area contributed by atoms with Gasteiger partial charge in [0.2, 0.25) is 0 Å². The topological polar surface area (TPSA) is 134 Å². The molecule has 2 aromatic rings. The standard InChI is InChI=1S/C21H21N5O5/c27-18(24-25-19(28)21(23-20(25)29)11-5-2-6-12-21)14-9-10-16(17(13-14)26(30)31)22-15-7-3-1-4-8-15/h1,3-4,7-10,13,22H,2,5-6,11-12H2,(H,23,29)(H,24,27). The largest absolute Gasteiger partial charge is 0.350 e. The fourth-order valence-corrected chi connectivity index (χ4v) is 3.99. The molecule has 0 unspecified atom stereocenters. The minimum Gasteiger partial charge on any atom is -0.350 e. The summed E-state index contributed by atoms with van der Waals surface area (Å²) in [5.41, 5.74) is 1.83. The molecule has 4 amide bonds. The van der Waals surface area contributed by atoms with Gasteiger partial charge in [0.15, 0.2) is 0 Å². The van der Waals surface area contributed by atoms with Gasteiger partial charge < -0.3 is 10.6 Å². The number of nitrogens with zero attached hydrogens (tertiary/aromatic N) is 2. The highest BCUT2D eigenvalue weighted by atomic mass is 16.6. The van der Waals surface area contributed by atoms with Gasteiger partial charge in [-0.2, -0.15) is 5.01 Å². The first-order valence-corrected chi connectivity index (χ1v) is 9.98. The second-order valence-electron chi connectivity index (χ2n) is 7.63. The second-order valence-corrected chi connectivity index (χ2v) is 7.63. The average Bonchev–Trinajstić information content (AvgIpc) is 2.98. The minimum absolute atomic E-state index is 0.0458. The van der Waals surface area contributed by atoms with Gasteiger partial charge >= 0.3 is 6.03 Å². The maximum Gasteiger partial charge on any atom is 0.344 e. The normalized spacial score (nSPS) is 17.4. The lowest BCUT2D eigenvalue weighted by Gasteiger charge is -2.30. The number of nitrogens with one attached hydrogen (secondary N) is 3. The number of carbonyl (C=O) groups is 3. The average molecular weight is 423 g/mol. The molecule has 0 aromatic heterocycles. The number of benzene rings is 2. The van der Waals surface area contributed by atoms with E-state index < -0.39 is 28.3 Å². The van der Waals surface area contributed by atoms with Gasteiger partial charge in [-0.3, -0.25) is 25.1 Å². The van der Waals surface area contributed by atoms with Gasteiger partial charge in [-0.05, 0) is 37.1 Å². The highest BCUT2D eigenvalue weighted by Crippen LogP contribution is 2.33. The maximum atomic E-state index is 12.8. The summed E-state index contributed by atoms with van der Waals surface area (Å²) in [7, 11) is 0. The third-order valence-electron chi connectivity index (χ3n) is 5.59. The number of amides is 4. The lowest BCUT2D eigenvalue weighted by Crippen LogP contribution is -2.50. The predicted octanol–water partition coefficient (Wildman–Crippen LogP) is 3.24. The Morgan fingerprint density at radius 2 is 1.77 bits per heavy atom. The summed E-state index contributed by atoms with van der Waals surface area (Å²) in [6.45, 7) is 0. The molecular weight excluding hydrogens is 402 g/mol. The lowest BCUT2D eigenvalue weighted by molar-refractivity contribution is -0.383. The molecule has 31 heavy (non-hydrogen) atoms. The number of carbonyl (C=O) groups excluding carboxylic acids is 3. The van der Waals surface area contributed by atoms with Crippen molar-refractivity contribution >= 4 is 34.9 Å². The van der Waals surface area contributed by atoms with Crippen molar-refractivity contribution < 1.29 is 19.3 Å². The van der Waals surface area contributed by atoms with E-state index >= 15 is 0 Å². The number of imide groups is 1. The number of nitro benzene ring substituents is 1. The van der Waals surface area contributed by atoms with E-state index in [0.29, 0.717) is 23.5 Å². The van der Waals surface area contributed by atoms with Gasteiger partial charge in [-0.1, -0.05) is 37.5 Å². The molecule has 1 aliphatic heterocycles. The van der Waals surface area contributed by atoms with Crippen LogP contribution in [0.25, 0.3) is 0 Å². The van der Waals surface area contributed by atoms with Crippen LogP contribution < -0.4 is 16.1 Å². The third-order valence-corrected chi connectivity index (χ3v) is 5.59. The molecule has 1 spiro atoms. The van der Waals surface area contributed by atoms with E-state index in [2.05, 4.69) is 16.1 Å². The molecule has 1 heterocycles. The first-order chi connectivity index (χ1) is 14.9. The van der Waals surface area contributed by atoms with Crippen molar-refractivity contribution in [2.24, 2.45) is 0 Å². The Kier molecular flexibility index (Phi) is 5.28. The Balaban J connectivity index is 1.53. The van der Waals surface area contributed by atoms with E-state index in [1.54, 1.807) is 24.3 Å². The maximum absolute atomic E-state index is 12.8. The van der Waals surface area contributed by atoms with Gasteiger partial charge in [0.25, 0.3) is 17.5 Å². The first-order valence-electron chi connectivity index (χ1n) is 9.98. The molecule has 160 valence electrons. The van der Waals surface area contributed by atoms with Crippen molar-refractivity contribution in [1.82, 2.24) is 15.8 Å². The summed E-state index contributed by atoms with van der Waals surface area (Å²) in [6.07, 6.45) is 3.67. The van der Waals surface area contributed by atoms with Crippen molar-refractivity contribution in [2.45, 2.75) is 37.6 Å². The van der Waals surface area contributed by atoms with Crippen LogP contribution in [-0.2, 0) is 4.79 Å². The molecule has 0 bridgehead atoms. The number of hydrazine groups is 1. The summed E-state index contributed by atoms with van der Waals surface area (Å²) in [6, 6.07) is 12.1. The first kappa shape index (κ1) is 20.3. The summed E-state index contributed by atoms with van der Waals surface area (Å²) in [4.78, 5) is 48.7. The molecule has 2 aliphatic rings. The van der Waals surface area contributed by atoms with Gasteiger partial charge in [-0.15, -0.1) is 0 Å². The number of urea groups is 1. The summed E-state index contributed by atoms with van der Waals surface area (Å²) in [5.74, 6) is -1.28. The van der Waals surface area contributed by atoms with Crippen LogP contribution in [0.1, 0.15) is 42.5 Å². The van der Waals surface area contributed by atoms with Crippen molar-refractivity contribution in [3.8, 4) is 0 Å².